The van der Waals surface area contributed by atoms with Crippen LogP contribution in [0.15, 0.2) is 58.4 Å². The van der Waals surface area contributed by atoms with Gasteiger partial charge in [-0.1, -0.05) is 51.1 Å². The maximum Gasteiger partial charge on any atom is 0.250 e. The summed E-state index contributed by atoms with van der Waals surface area (Å²) in [7, 11) is 1.80. The van der Waals surface area contributed by atoms with Gasteiger partial charge >= 0.3 is 0 Å². The molecule has 2 atom stereocenters. The number of aromatic nitrogens is 1. The van der Waals surface area contributed by atoms with E-state index in [2.05, 4.69) is 60.7 Å². The zero-order chi connectivity index (χ0) is 22.3. The predicted molar refractivity (Wildman–Crippen MR) is 142 cm³/mol. The third-order valence-electron chi connectivity index (χ3n) is 5.79. The molecule has 2 N–H and O–H groups in total. The second-order valence-corrected chi connectivity index (χ2v) is 9.35. The van der Waals surface area contributed by atoms with E-state index in [1.54, 1.807) is 23.7 Å². The van der Waals surface area contributed by atoms with Crippen molar-refractivity contribution in [1.82, 2.24) is 15.2 Å². The molecule has 1 aliphatic heterocycles. The molecule has 176 valence electrons. The summed E-state index contributed by atoms with van der Waals surface area (Å²) in [4.78, 5) is 16.3. The molecule has 6 nitrogen and oxygen atoms in total. The van der Waals surface area contributed by atoms with E-state index in [-0.39, 0.29) is 41.1 Å². The van der Waals surface area contributed by atoms with E-state index in [0.29, 0.717) is 19.0 Å². The number of halogens is 1. The molecule has 2 heterocycles. The number of nitrogens with zero attached hydrogens (tertiary/aromatic N) is 2. The second-order valence-electron chi connectivity index (χ2n) is 9.35. The Morgan fingerprint density at radius 2 is 1.84 bits per heavy atom. The quantitative estimate of drug-likeness (QED) is 0.323. The summed E-state index contributed by atoms with van der Waals surface area (Å²) in [5.74, 6) is 1.28. The molecule has 2 aromatic rings. The molecule has 0 aliphatic carbocycles. The molecule has 0 amide bonds. The number of pyridine rings is 1. The molecule has 0 spiro atoms. The first kappa shape index (κ1) is 26.4. The predicted octanol–water partition coefficient (Wildman–Crippen LogP) is 4.02. The molecule has 1 aromatic heterocycles. The van der Waals surface area contributed by atoms with E-state index in [1.165, 1.54) is 12.0 Å². The van der Waals surface area contributed by atoms with Crippen LogP contribution >= 0.6 is 24.0 Å². The molecular weight excluding hydrogens is 515 g/mol. The van der Waals surface area contributed by atoms with Crippen molar-refractivity contribution in [2.45, 2.75) is 52.8 Å². The molecule has 1 saturated heterocycles. The van der Waals surface area contributed by atoms with Crippen LogP contribution in [-0.4, -0.2) is 36.8 Å². The van der Waals surface area contributed by atoms with Gasteiger partial charge in [-0.3, -0.25) is 9.79 Å². The maximum atomic E-state index is 11.9. The number of benzene rings is 1. The minimum atomic E-state index is 0. The smallest absolute Gasteiger partial charge is 0.250 e. The molecular formula is C25H37IN4O2. The lowest BCUT2D eigenvalue weighted by Gasteiger charge is -2.40. The summed E-state index contributed by atoms with van der Waals surface area (Å²) >= 11 is 0. The minimum Gasteiger partial charge on any atom is -0.377 e. The van der Waals surface area contributed by atoms with Crippen LogP contribution in [0.1, 0.15) is 44.7 Å². The average molecular weight is 553 g/mol. The first-order chi connectivity index (χ1) is 14.9. The SMILES string of the molecule is CN=C(NCc1ccc(Cn2ccccc2=O)cc1)NCC1CCCOC1C(C)(C)C.I. The number of hydrogen-bond acceptors (Lipinski definition) is 3. The fraction of sp³-hybridized carbons (Fsp3) is 0.520. The zero-order valence-corrected chi connectivity index (χ0v) is 22.0. The van der Waals surface area contributed by atoms with E-state index >= 15 is 0 Å². The van der Waals surface area contributed by atoms with Crippen LogP contribution in [0.4, 0.5) is 0 Å². The van der Waals surface area contributed by atoms with E-state index < -0.39 is 0 Å². The highest BCUT2D eigenvalue weighted by Gasteiger charge is 2.35. The molecule has 1 aromatic carbocycles. The second kappa shape index (κ2) is 12.4. The van der Waals surface area contributed by atoms with Crippen LogP contribution in [0.3, 0.4) is 0 Å². The Balaban J connectivity index is 0.00000363. The lowest BCUT2D eigenvalue weighted by molar-refractivity contribution is -0.0835. The van der Waals surface area contributed by atoms with Crippen LogP contribution in [0, 0.1) is 11.3 Å². The van der Waals surface area contributed by atoms with Crippen molar-refractivity contribution in [2.75, 3.05) is 20.2 Å². The average Bonchev–Trinajstić information content (AvgIpc) is 2.76. The van der Waals surface area contributed by atoms with Crippen LogP contribution in [0.5, 0.6) is 0 Å². The minimum absolute atomic E-state index is 0. The highest BCUT2D eigenvalue weighted by molar-refractivity contribution is 14.0. The molecule has 2 unspecified atom stereocenters. The molecule has 3 rings (SSSR count). The molecule has 0 radical (unpaired) electrons. The zero-order valence-electron chi connectivity index (χ0n) is 19.6. The number of hydrogen-bond donors (Lipinski definition) is 2. The number of ether oxygens (including phenoxy) is 1. The number of guanidine groups is 1. The largest absolute Gasteiger partial charge is 0.377 e. The molecule has 1 fully saturated rings. The van der Waals surface area contributed by atoms with Crippen molar-refractivity contribution < 1.29 is 4.74 Å². The van der Waals surface area contributed by atoms with Crippen molar-refractivity contribution in [1.29, 1.82) is 0 Å². The monoisotopic (exact) mass is 552 g/mol. The van der Waals surface area contributed by atoms with Crippen molar-refractivity contribution in [3.63, 3.8) is 0 Å². The third-order valence-corrected chi connectivity index (χ3v) is 5.79. The lowest BCUT2D eigenvalue weighted by Crippen LogP contribution is -2.47. The summed E-state index contributed by atoms with van der Waals surface area (Å²) < 4.78 is 7.80. The Bertz CT molecular complexity index is 919. The van der Waals surface area contributed by atoms with Gasteiger partial charge in [0.05, 0.1) is 12.6 Å². The number of nitrogens with one attached hydrogen (secondary N) is 2. The Morgan fingerprint density at radius 3 is 2.50 bits per heavy atom. The van der Waals surface area contributed by atoms with Gasteiger partial charge in [-0.05, 0) is 35.4 Å². The summed E-state index contributed by atoms with van der Waals surface area (Å²) in [5.41, 5.74) is 2.42. The van der Waals surface area contributed by atoms with Gasteiger partial charge in [0.25, 0.3) is 5.56 Å². The molecule has 0 bridgehead atoms. The summed E-state index contributed by atoms with van der Waals surface area (Å²) in [6.07, 6.45) is 4.37. The van der Waals surface area contributed by atoms with E-state index in [0.717, 1.165) is 31.1 Å². The highest BCUT2D eigenvalue weighted by Crippen LogP contribution is 2.33. The summed E-state index contributed by atoms with van der Waals surface area (Å²) in [6.45, 7) is 9.74. The third kappa shape index (κ3) is 7.62. The van der Waals surface area contributed by atoms with Crippen molar-refractivity contribution >= 4 is 29.9 Å². The fourth-order valence-electron chi connectivity index (χ4n) is 4.19. The van der Waals surface area contributed by atoms with Crippen molar-refractivity contribution in [3.05, 3.63) is 70.1 Å². The van der Waals surface area contributed by atoms with Gasteiger partial charge in [-0.25, -0.2) is 0 Å². The van der Waals surface area contributed by atoms with Crippen molar-refractivity contribution in [3.8, 4) is 0 Å². The fourth-order valence-corrected chi connectivity index (χ4v) is 4.19. The standard InChI is InChI=1S/C25H36N4O2.HI/c1-25(2,3)23-21(8-7-15-31-23)17-28-24(26-4)27-16-19-10-12-20(13-11-19)18-29-14-6-5-9-22(29)30;/h5-6,9-14,21,23H,7-8,15-18H2,1-4H3,(H2,26,27,28);1H. The van der Waals surface area contributed by atoms with Crippen molar-refractivity contribution in [2.24, 2.45) is 16.3 Å². The Labute approximate surface area is 208 Å². The van der Waals surface area contributed by atoms with Crippen LogP contribution in [0.2, 0.25) is 0 Å². The van der Waals surface area contributed by atoms with E-state index in [9.17, 15) is 4.79 Å². The van der Waals surface area contributed by atoms with Gasteiger partial charge in [0, 0.05) is 44.9 Å². The van der Waals surface area contributed by atoms with Crippen LogP contribution < -0.4 is 16.2 Å². The van der Waals surface area contributed by atoms with Gasteiger partial charge in [0.1, 0.15) is 0 Å². The van der Waals surface area contributed by atoms with E-state index in [1.807, 2.05) is 12.3 Å². The molecule has 7 heteroatoms. The molecule has 32 heavy (non-hydrogen) atoms. The van der Waals surface area contributed by atoms with Gasteiger partial charge < -0.3 is 19.9 Å². The Hall–Kier alpha value is -1.87. The van der Waals surface area contributed by atoms with Crippen LogP contribution in [-0.2, 0) is 17.8 Å². The topological polar surface area (TPSA) is 67.7 Å². The normalized spacial score (nSPS) is 19.2. The van der Waals surface area contributed by atoms with Gasteiger partial charge in [0.2, 0.25) is 0 Å². The van der Waals surface area contributed by atoms with Crippen LogP contribution in [0.25, 0.3) is 0 Å². The maximum absolute atomic E-state index is 11.9. The Morgan fingerprint density at radius 1 is 1.12 bits per heavy atom. The van der Waals surface area contributed by atoms with Gasteiger partial charge in [0.15, 0.2) is 5.96 Å². The summed E-state index contributed by atoms with van der Waals surface area (Å²) in [5, 5.41) is 6.88. The Kier molecular flexibility index (Phi) is 10.2. The van der Waals surface area contributed by atoms with Gasteiger partial charge in [-0.2, -0.15) is 0 Å². The first-order valence-electron chi connectivity index (χ1n) is 11.2. The summed E-state index contributed by atoms with van der Waals surface area (Å²) in [6, 6.07) is 13.5. The highest BCUT2D eigenvalue weighted by atomic mass is 127. The lowest BCUT2D eigenvalue weighted by atomic mass is 9.78. The molecule has 1 aliphatic rings. The number of aliphatic imine (C=N–C) groups is 1. The number of rotatable bonds is 6. The molecule has 0 saturated carbocycles. The van der Waals surface area contributed by atoms with Gasteiger partial charge in [-0.15, -0.1) is 24.0 Å². The first-order valence-corrected chi connectivity index (χ1v) is 11.2. The van der Waals surface area contributed by atoms with E-state index in [4.69, 9.17) is 4.74 Å².